The molecule has 0 radical (unpaired) electrons. The van der Waals surface area contributed by atoms with E-state index in [4.69, 9.17) is 32.7 Å². The van der Waals surface area contributed by atoms with Gasteiger partial charge in [-0.25, -0.2) is 4.98 Å². The van der Waals surface area contributed by atoms with Crippen LogP contribution in [0.1, 0.15) is 0 Å². The lowest BCUT2D eigenvalue weighted by atomic mass is 10.2. The molecule has 0 bridgehead atoms. The molecule has 0 saturated heterocycles. The van der Waals surface area contributed by atoms with Crippen molar-refractivity contribution in [2.75, 3.05) is 14.2 Å². The number of nitrogens with zero attached hydrogens (tertiary/aromatic N) is 3. The average molecular weight is 324 g/mol. The van der Waals surface area contributed by atoms with Gasteiger partial charge in [-0.3, -0.25) is 4.40 Å². The number of hydrogen-bond acceptors (Lipinski definition) is 4. The molecule has 0 atom stereocenters. The Labute approximate surface area is 131 Å². The van der Waals surface area contributed by atoms with E-state index < -0.39 is 0 Å². The molecular formula is C14H11Cl2N3O2. The number of imidazole rings is 1. The number of aromatic nitrogens is 3. The number of methoxy groups -OCH3 is 2. The Bertz CT molecular complexity index is 817. The second-order valence-electron chi connectivity index (χ2n) is 4.24. The molecule has 0 fully saturated rings. The van der Waals surface area contributed by atoms with Crippen LogP contribution in [0, 0.1) is 0 Å². The summed E-state index contributed by atoms with van der Waals surface area (Å²) in [5.41, 5.74) is 1.39. The first-order valence-corrected chi connectivity index (χ1v) is 6.82. The van der Waals surface area contributed by atoms with Crippen LogP contribution in [-0.2, 0) is 0 Å². The van der Waals surface area contributed by atoms with Crippen LogP contribution in [0.2, 0.25) is 10.0 Å². The smallest absolute Gasteiger partial charge is 0.240 e. The van der Waals surface area contributed by atoms with E-state index in [1.165, 1.54) is 7.11 Å². The van der Waals surface area contributed by atoms with Crippen LogP contribution in [-0.4, -0.2) is 28.6 Å². The minimum atomic E-state index is 0.425. The van der Waals surface area contributed by atoms with E-state index in [2.05, 4.69) is 9.97 Å². The molecule has 0 N–H and O–H groups in total. The SMILES string of the molecule is COc1cc(OC)n2cc(-c3cccc(Cl)c3Cl)nc2n1. The average Bonchev–Trinajstić information content (AvgIpc) is 2.92. The summed E-state index contributed by atoms with van der Waals surface area (Å²) >= 11 is 12.3. The molecule has 0 spiro atoms. The van der Waals surface area contributed by atoms with Crippen molar-refractivity contribution in [3.8, 4) is 23.0 Å². The highest BCUT2D eigenvalue weighted by Crippen LogP contribution is 2.33. The maximum atomic E-state index is 6.23. The van der Waals surface area contributed by atoms with Crippen molar-refractivity contribution in [3.63, 3.8) is 0 Å². The molecule has 0 unspecified atom stereocenters. The zero-order valence-electron chi connectivity index (χ0n) is 11.3. The third kappa shape index (κ3) is 2.39. The van der Waals surface area contributed by atoms with Gasteiger partial charge >= 0.3 is 0 Å². The number of hydrogen-bond donors (Lipinski definition) is 0. The lowest BCUT2D eigenvalue weighted by Crippen LogP contribution is -1.97. The quantitative estimate of drug-likeness (QED) is 0.737. The van der Waals surface area contributed by atoms with Gasteiger partial charge in [-0.2, -0.15) is 4.98 Å². The fraction of sp³-hybridized carbons (Fsp3) is 0.143. The Morgan fingerprint density at radius 2 is 1.90 bits per heavy atom. The highest BCUT2D eigenvalue weighted by molar-refractivity contribution is 6.43. The second kappa shape index (κ2) is 5.42. The van der Waals surface area contributed by atoms with Gasteiger partial charge in [0.1, 0.15) is 0 Å². The van der Waals surface area contributed by atoms with Gasteiger partial charge in [-0.15, -0.1) is 0 Å². The van der Waals surface area contributed by atoms with Crippen molar-refractivity contribution in [1.29, 1.82) is 0 Å². The Morgan fingerprint density at radius 3 is 2.62 bits per heavy atom. The van der Waals surface area contributed by atoms with Crippen LogP contribution < -0.4 is 9.47 Å². The maximum absolute atomic E-state index is 6.23. The molecule has 2 aromatic heterocycles. The largest absolute Gasteiger partial charge is 0.482 e. The Kier molecular flexibility index (Phi) is 3.61. The normalized spacial score (nSPS) is 10.9. The van der Waals surface area contributed by atoms with Crippen molar-refractivity contribution >= 4 is 29.0 Å². The molecule has 5 nitrogen and oxygen atoms in total. The minimum Gasteiger partial charge on any atom is -0.482 e. The van der Waals surface area contributed by atoms with Crippen LogP contribution in [0.4, 0.5) is 0 Å². The first-order chi connectivity index (χ1) is 10.1. The Morgan fingerprint density at radius 1 is 1.10 bits per heavy atom. The summed E-state index contributed by atoms with van der Waals surface area (Å²) in [7, 11) is 3.11. The van der Waals surface area contributed by atoms with Gasteiger partial charge in [-0.1, -0.05) is 35.3 Å². The molecule has 0 amide bonds. The van der Waals surface area contributed by atoms with Gasteiger partial charge in [0.05, 0.1) is 36.0 Å². The number of benzene rings is 1. The first-order valence-electron chi connectivity index (χ1n) is 6.06. The molecule has 7 heteroatoms. The molecule has 0 saturated carbocycles. The monoisotopic (exact) mass is 323 g/mol. The van der Waals surface area contributed by atoms with E-state index in [1.54, 1.807) is 29.8 Å². The van der Waals surface area contributed by atoms with Gasteiger partial charge in [0, 0.05) is 11.8 Å². The van der Waals surface area contributed by atoms with E-state index in [0.29, 0.717) is 33.3 Å². The zero-order chi connectivity index (χ0) is 15.0. The van der Waals surface area contributed by atoms with Gasteiger partial charge in [0.2, 0.25) is 17.5 Å². The summed E-state index contributed by atoms with van der Waals surface area (Å²) in [4.78, 5) is 8.73. The van der Waals surface area contributed by atoms with Gasteiger partial charge in [0.15, 0.2) is 0 Å². The summed E-state index contributed by atoms with van der Waals surface area (Å²) in [6.45, 7) is 0. The summed E-state index contributed by atoms with van der Waals surface area (Å²) in [6, 6.07) is 7.07. The second-order valence-corrected chi connectivity index (χ2v) is 5.02. The lowest BCUT2D eigenvalue weighted by molar-refractivity contribution is 0.369. The van der Waals surface area contributed by atoms with Crippen molar-refractivity contribution in [1.82, 2.24) is 14.4 Å². The van der Waals surface area contributed by atoms with E-state index in [0.717, 1.165) is 5.56 Å². The summed E-state index contributed by atoms with van der Waals surface area (Å²) in [6.07, 6.45) is 1.79. The molecule has 3 rings (SSSR count). The lowest BCUT2D eigenvalue weighted by Gasteiger charge is -2.05. The van der Waals surface area contributed by atoms with Crippen molar-refractivity contribution in [3.05, 3.63) is 40.5 Å². The molecule has 0 aliphatic rings. The fourth-order valence-corrected chi connectivity index (χ4v) is 2.41. The summed E-state index contributed by atoms with van der Waals surface area (Å²) < 4.78 is 12.2. The molecule has 0 aliphatic carbocycles. The third-order valence-corrected chi connectivity index (χ3v) is 3.85. The van der Waals surface area contributed by atoms with Crippen LogP contribution in [0.15, 0.2) is 30.5 Å². The standard InChI is InChI=1S/C14H11Cl2N3O2/c1-20-11-6-12(21-2)19-7-10(17-14(19)18-11)8-4-3-5-9(15)13(8)16/h3-7H,1-2H3. The first kappa shape index (κ1) is 14.0. The molecule has 0 aliphatic heterocycles. The van der Waals surface area contributed by atoms with Crippen LogP contribution in [0.3, 0.4) is 0 Å². The summed E-state index contributed by atoms with van der Waals surface area (Å²) in [5, 5.41) is 0.928. The molecule has 3 aromatic rings. The summed E-state index contributed by atoms with van der Waals surface area (Å²) in [5.74, 6) is 1.44. The minimum absolute atomic E-state index is 0.425. The van der Waals surface area contributed by atoms with E-state index in [-0.39, 0.29) is 0 Å². The van der Waals surface area contributed by atoms with Crippen molar-refractivity contribution < 1.29 is 9.47 Å². The van der Waals surface area contributed by atoms with Crippen LogP contribution in [0.25, 0.3) is 17.0 Å². The zero-order valence-corrected chi connectivity index (χ0v) is 12.8. The van der Waals surface area contributed by atoms with E-state index in [1.807, 2.05) is 12.1 Å². The topological polar surface area (TPSA) is 48.7 Å². The van der Waals surface area contributed by atoms with Gasteiger partial charge in [0.25, 0.3) is 0 Å². The Balaban J connectivity index is 2.23. The predicted octanol–water partition coefficient (Wildman–Crippen LogP) is 3.72. The molecule has 21 heavy (non-hydrogen) atoms. The maximum Gasteiger partial charge on any atom is 0.240 e. The molecular weight excluding hydrogens is 313 g/mol. The highest BCUT2D eigenvalue weighted by Gasteiger charge is 2.14. The van der Waals surface area contributed by atoms with Gasteiger partial charge < -0.3 is 9.47 Å². The van der Waals surface area contributed by atoms with Crippen LogP contribution >= 0.6 is 23.2 Å². The fourth-order valence-electron chi connectivity index (χ4n) is 2.01. The van der Waals surface area contributed by atoms with Crippen molar-refractivity contribution in [2.45, 2.75) is 0 Å². The number of fused-ring (bicyclic) bond motifs is 1. The third-order valence-electron chi connectivity index (χ3n) is 3.03. The number of rotatable bonds is 3. The Hall–Kier alpha value is -1.98. The highest BCUT2D eigenvalue weighted by atomic mass is 35.5. The number of ether oxygens (including phenoxy) is 2. The van der Waals surface area contributed by atoms with E-state index in [9.17, 15) is 0 Å². The van der Waals surface area contributed by atoms with Gasteiger partial charge in [-0.05, 0) is 6.07 Å². The number of halogens is 2. The predicted molar refractivity (Wildman–Crippen MR) is 81.5 cm³/mol. The molecule has 1 aromatic carbocycles. The van der Waals surface area contributed by atoms with E-state index >= 15 is 0 Å². The van der Waals surface area contributed by atoms with Crippen LogP contribution in [0.5, 0.6) is 11.8 Å². The molecule has 2 heterocycles. The van der Waals surface area contributed by atoms with Crippen molar-refractivity contribution in [2.24, 2.45) is 0 Å². The molecule has 108 valence electrons.